The molecule has 0 radical (unpaired) electrons. The van der Waals surface area contributed by atoms with Gasteiger partial charge in [0, 0.05) is 16.6 Å². The molecule has 0 unspecified atom stereocenters. The van der Waals surface area contributed by atoms with Crippen molar-refractivity contribution in [1.82, 2.24) is 14.8 Å². The number of amides is 1. The molecule has 0 bridgehead atoms. The largest absolute Gasteiger partial charge is 0.497 e. The van der Waals surface area contributed by atoms with Crippen molar-refractivity contribution in [2.45, 2.75) is 20.3 Å². The molecular weight excluding hydrogens is 436 g/mol. The van der Waals surface area contributed by atoms with Crippen molar-refractivity contribution in [2.75, 3.05) is 12.4 Å². The molecule has 5 rings (SSSR count). The summed E-state index contributed by atoms with van der Waals surface area (Å²) in [6, 6.07) is 25.2. The maximum Gasteiger partial charge on any atom is 0.256 e. The fourth-order valence-electron chi connectivity index (χ4n) is 4.17. The number of aromatic nitrogens is 3. The Balaban J connectivity index is 1.54. The third-order valence-corrected chi connectivity index (χ3v) is 6.18. The van der Waals surface area contributed by atoms with Crippen LogP contribution in [0.3, 0.4) is 0 Å². The molecular formula is C29H26N4O2. The number of methoxy groups -OCH3 is 1. The Kier molecular flexibility index (Phi) is 6.02. The quantitative estimate of drug-likeness (QED) is 0.325. The van der Waals surface area contributed by atoms with E-state index < -0.39 is 0 Å². The zero-order chi connectivity index (χ0) is 24.4. The fourth-order valence-corrected chi connectivity index (χ4v) is 4.17. The van der Waals surface area contributed by atoms with E-state index in [9.17, 15) is 4.79 Å². The van der Waals surface area contributed by atoms with E-state index in [-0.39, 0.29) is 5.91 Å². The summed E-state index contributed by atoms with van der Waals surface area (Å²) in [7, 11) is 1.61. The molecule has 2 heterocycles. The number of hydrogen-bond donors (Lipinski definition) is 1. The van der Waals surface area contributed by atoms with Gasteiger partial charge in [-0.15, -0.1) is 0 Å². The van der Waals surface area contributed by atoms with Crippen LogP contribution in [0.25, 0.3) is 27.8 Å². The number of carbonyl (C=O) groups is 1. The highest BCUT2D eigenvalue weighted by Crippen LogP contribution is 2.29. The zero-order valence-corrected chi connectivity index (χ0v) is 19.9. The molecule has 0 atom stereocenters. The van der Waals surface area contributed by atoms with E-state index in [1.807, 2.05) is 72.4 Å². The van der Waals surface area contributed by atoms with Crippen LogP contribution in [-0.2, 0) is 6.42 Å². The van der Waals surface area contributed by atoms with Gasteiger partial charge in [-0.3, -0.25) is 4.79 Å². The van der Waals surface area contributed by atoms with Gasteiger partial charge in [-0.2, -0.15) is 5.10 Å². The van der Waals surface area contributed by atoms with Gasteiger partial charge in [-0.05, 0) is 67.4 Å². The summed E-state index contributed by atoms with van der Waals surface area (Å²) >= 11 is 0. The standard InChI is InChI=1S/C29H26N4O2/c1-4-20-9-13-22(14-10-20)33-19(2)26(18-30-33)28-17-25(24-7-5-6-8-27(24)32-28)29(34)31-21-11-15-23(35-3)16-12-21/h5-18H,4H2,1-3H3,(H,31,34). The molecule has 6 nitrogen and oxygen atoms in total. The van der Waals surface area contributed by atoms with Gasteiger partial charge < -0.3 is 10.1 Å². The van der Waals surface area contributed by atoms with Crippen LogP contribution in [0, 0.1) is 6.92 Å². The zero-order valence-electron chi connectivity index (χ0n) is 19.9. The maximum absolute atomic E-state index is 13.3. The second kappa shape index (κ2) is 9.43. The molecule has 0 aliphatic carbocycles. The lowest BCUT2D eigenvalue weighted by molar-refractivity contribution is 0.102. The molecule has 0 aliphatic heterocycles. The normalized spacial score (nSPS) is 10.9. The van der Waals surface area contributed by atoms with Crippen LogP contribution in [0.5, 0.6) is 5.75 Å². The SMILES string of the molecule is CCc1ccc(-n2ncc(-c3cc(C(=O)Nc4ccc(OC)cc4)c4ccccc4n3)c2C)cc1. The van der Waals surface area contributed by atoms with Crippen LogP contribution in [0.4, 0.5) is 5.69 Å². The smallest absolute Gasteiger partial charge is 0.256 e. The van der Waals surface area contributed by atoms with Crippen molar-refractivity contribution in [2.24, 2.45) is 0 Å². The van der Waals surface area contributed by atoms with E-state index in [1.54, 1.807) is 7.11 Å². The monoisotopic (exact) mass is 462 g/mol. The molecule has 0 saturated heterocycles. The molecule has 0 fully saturated rings. The predicted molar refractivity (Wildman–Crippen MR) is 139 cm³/mol. The van der Waals surface area contributed by atoms with Gasteiger partial charge in [-0.25, -0.2) is 9.67 Å². The lowest BCUT2D eigenvalue weighted by Gasteiger charge is -2.11. The number of ether oxygens (including phenoxy) is 1. The summed E-state index contributed by atoms with van der Waals surface area (Å²) in [5, 5.41) is 8.41. The Morgan fingerprint density at radius 2 is 1.74 bits per heavy atom. The van der Waals surface area contributed by atoms with Crippen LogP contribution >= 0.6 is 0 Å². The highest BCUT2D eigenvalue weighted by Gasteiger charge is 2.17. The summed E-state index contributed by atoms with van der Waals surface area (Å²) in [5.41, 5.74) is 6.82. The number of benzene rings is 3. The first-order valence-electron chi connectivity index (χ1n) is 11.6. The Hall–Kier alpha value is -4.45. The summed E-state index contributed by atoms with van der Waals surface area (Å²) < 4.78 is 7.11. The summed E-state index contributed by atoms with van der Waals surface area (Å²) in [6.07, 6.45) is 2.80. The number of anilines is 1. The molecule has 1 N–H and O–H groups in total. The second-order valence-corrected chi connectivity index (χ2v) is 8.33. The molecule has 0 aliphatic rings. The van der Waals surface area contributed by atoms with Crippen LogP contribution in [0.1, 0.15) is 28.5 Å². The Morgan fingerprint density at radius 3 is 2.46 bits per heavy atom. The second-order valence-electron chi connectivity index (χ2n) is 8.33. The number of fused-ring (bicyclic) bond motifs is 1. The molecule has 3 aromatic carbocycles. The van der Waals surface area contributed by atoms with E-state index >= 15 is 0 Å². The first kappa shape index (κ1) is 22.3. The highest BCUT2D eigenvalue weighted by atomic mass is 16.5. The Labute approximate surface area is 204 Å². The van der Waals surface area contributed by atoms with Crippen molar-refractivity contribution in [3.63, 3.8) is 0 Å². The van der Waals surface area contributed by atoms with Crippen LogP contribution in [-0.4, -0.2) is 27.8 Å². The minimum atomic E-state index is -0.199. The van der Waals surface area contributed by atoms with E-state index in [4.69, 9.17) is 9.72 Å². The van der Waals surface area contributed by atoms with Crippen molar-refractivity contribution in [3.8, 4) is 22.7 Å². The molecule has 0 saturated carbocycles. The number of carbonyl (C=O) groups excluding carboxylic acids is 1. The van der Waals surface area contributed by atoms with E-state index in [1.165, 1.54) is 5.56 Å². The van der Waals surface area contributed by atoms with Gasteiger partial charge in [0.15, 0.2) is 0 Å². The van der Waals surface area contributed by atoms with Gasteiger partial charge >= 0.3 is 0 Å². The highest BCUT2D eigenvalue weighted by molar-refractivity contribution is 6.13. The minimum Gasteiger partial charge on any atom is -0.497 e. The maximum atomic E-state index is 13.3. The molecule has 174 valence electrons. The number of pyridine rings is 1. The van der Waals surface area contributed by atoms with Crippen molar-refractivity contribution < 1.29 is 9.53 Å². The van der Waals surface area contributed by atoms with E-state index in [0.717, 1.165) is 40.0 Å². The van der Waals surface area contributed by atoms with Crippen LogP contribution in [0.2, 0.25) is 0 Å². The van der Waals surface area contributed by atoms with Gasteiger partial charge in [-0.1, -0.05) is 37.3 Å². The lowest BCUT2D eigenvalue weighted by Crippen LogP contribution is -2.13. The third kappa shape index (κ3) is 4.38. The number of aryl methyl sites for hydroxylation is 1. The van der Waals surface area contributed by atoms with Gasteiger partial charge in [0.2, 0.25) is 0 Å². The Morgan fingerprint density at radius 1 is 1.00 bits per heavy atom. The van der Waals surface area contributed by atoms with Crippen molar-refractivity contribution >= 4 is 22.5 Å². The molecule has 0 spiro atoms. The molecule has 5 aromatic rings. The Bertz CT molecular complexity index is 1500. The van der Waals surface area contributed by atoms with E-state index in [0.29, 0.717) is 16.9 Å². The number of rotatable bonds is 6. The number of para-hydroxylation sites is 1. The molecule has 35 heavy (non-hydrogen) atoms. The first-order valence-corrected chi connectivity index (χ1v) is 11.6. The molecule has 6 heteroatoms. The molecule has 1 amide bonds. The van der Waals surface area contributed by atoms with Crippen molar-refractivity contribution in [1.29, 1.82) is 0 Å². The van der Waals surface area contributed by atoms with Crippen LogP contribution in [0.15, 0.2) is 85.1 Å². The summed E-state index contributed by atoms with van der Waals surface area (Å²) in [4.78, 5) is 18.2. The lowest BCUT2D eigenvalue weighted by atomic mass is 10.0. The fraction of sp³-hybridized carbons (Fsp3) is 0.138. The third-order valence-electron chi connectivity index (χ3n) is 6.18. The van der Waals surface area contributed by atoms with Gasteiger partial charge in [0.25, 0.3) is 5.91 Å². The average Bonchev–Trinajstić information content (AvgIpc) is 3.29. The topological polar surface area (TPSA) is 69.0 Å². The number of nitrogens with zero attached hydrogens (tertiary/aromatic N) is 3. The minimum absolute atomic E-state index is 0.199. The summed E-state index contributed by atoms with van der Waals surface area (Å²) in [6.45, 7) is 4.16. The van der Waals surface area contributed by atoms with E-state index in [2.05, 4.69) is 41.6 Å². The van der Waals surface area contributed by atoms with Gasteiger partial charge in [0.05, 0.1) is 41.5 Å². The van der Waals surface area contributed by atoms with Crippen LogP contribution < -0.4 is 10.1 Å². The predicted octanol–water partition coefficient (Wildman–Crippen LogP) is 6.22. The number of hydrogen-bond acceptors (Lipinski definition) is 4. The van der Waals surface area contributed by atoms with Crippen molar-refractivity contribution in [3.05, 3.63) is 102 Å². The number of nitrogens with one attached hydrogen (secondary N) is 1. The first-order chi connectivity index (χ1) is 17.1. The average molecular weight is 463 g/mol. The summed E-state index contributed by atoms with van der Waals surface area (Å²) in [5.74, 6) is 0.534. The van der Waals surface area contributed by atoms with Gasteiger partial charge in [0.1, 0.15) is 5.75 Å². The molecule has 2 aromatic heterocycles.